The molecule has 9 heteroatoms. The van der Waals surface area contributed by atoms with Gasteiger partial charge in [-0.05, 0) is 62.1 Å². The molecule has 244 valence electrons. The van der Waals surface area contributed by atoms with Crippen LogP contribution in [0.5, 0.6) is 0 Å². The average molecular weight is 653 g/mol. The fourth-order valence-electron chi connectivity index (χ4n) is 5.24. The normalized spacial score (nSPS) is 26.0. The van der Waals surface area contributed by atoms with Crippen molar-refractivity contribution in [1.82, 2.24) is 10.3 Å². The molecule has 1 aromatic rings. The Hall–Kier alpha value is -2.85. The number of ether oxygens (including phenoxy) is 2. The lowest BCUT2D eigenvalue weighted by Gasteiger charge is -2.39. The van der Waals surface area contributed by atoms with Gasteiger partial charge in [-0.3, -0.25) is 4.79 Å². The first-order valence-electron chi connectivity index (χ1n) is 15.7. The summed E-state index contributed by atoms with van der Waals surface area (Å²) in [6, 6.07) is 5.41. The molecule has 2 N–H and O–H groups in total. The summed E-state index contributed by atoms with van der Waals surface area (Å²) in [6.45, 7) is 10.3. The van der Waals surface area contributed by atoms with Crippen LogP contribution >= 0.6 is 21.6 Å². The van der Waals surface area contributed by atoms with Gasteiger partial charge < -0.3 is 19.9 Å². The quantitative estimate of drug-likeness (QED) is 0.0669. The Morgan fingerprint density at radius 2 is 2.09 bits per heavy atom. The summed E-state index contributed by atoms with van der Waals surface area (Å²) in [5.41, 5.74) is 2.32. The summed E-state index contributed by atoms with van der Waals surface area (Å²) >= 11 is 0. The van der Waals surface area contributed by atoms with Crippen LogP contribution in [-0.4, -0.2) is 58.2 Å². The highest BCUT2D eigenvalue weighted by molar-refractivity contribution is 8.76. The zero-order chi connectivity index (χ0) is 32.6. The molecule has 2 aliphatic rings. The van der Waals surface area contributed by atoms with E-state index in [4.69, 9.17) is 9.47 Å². The van der Waals surface area contributed by atoms with Crippen molar-refractivity contribution in [2.75, 3.05) is 5.75 Å². The second kappa shape index (κ2) is 19.6. The van der Waals surface area contributed by atoms with Crippen LogP contribution in [0.4, 0.5) is 0 Å². The first-order chi connectivity index (χ1) is 21.6. The van der Waals surface area contributed by atoms with E-state index in [0.717, 1.165) is 17.0 Å². The van der Waals surface area contributed by atoms with Gasteiger partial charge in [0.1, 0.15) is 11.1 Å². The van der Waals surface area contributed by atoms with Gasteiger partial charge in [-0.25, -0.2) is 9.78 Å². The van der Waals surface area contributed by atoms with Crippen molar-refractivity contribution in [2.45, 2.75) is 95.8 Å². The number of aromatic nitrogens is 1. The molecule has 0 radical (unpaired) electrons. The molecule has 7 nitrogen and oxygen atoms in total. The van der Waals surface area contributed by atoms with Crippen molar-refractivity contribution in [1.29, 1.82) is 0 Å². The number of nitrogens with zero attached hydrogens (tertiary/aromatic N) is 1. The Morgan fingerprint density at radius 3 is 2.82 bits per heavy atom. The number of aliphatic hydroxyl groups is 1. The van der Waals surface area contributed by atoms with E-state index < -0.39 is 6.10 Å². The van der Waals surface area contributed by atoms with E-state index in [1.807, 2.05) is 74.6 Å². The Balaban J connectivity index is 1.60. The third-order valence-electron chi connectivity index (χ3n) is 7.59. The molecule has 3 heterocycles. The third-order valence-corrected chi connectivity index (χ3v) is 9.86. The maximum Gasteiger partial charge on any atom is 0.331 e. The van der Waals surface area contributed by atoms with E-state index in [1.54, 1.807) is 27.8 Å². The van der Waals surface area contributed by atoms with Gasteiger partial charge in [0.05, 0.1) is 24.4 Å². The fraction of sp³-hybridized carbons (Fsp3) is 0.472. The van der Waals surface area contributed by atoms with Crippen LogP contribution in [0.3, 0.4) is 0 Å². The minimum Gasteiger partial charge on any atom is -0.455 e. The molecule has 45 heavy (non-hydrogen) atoms. The lowest BCUT2D eigenvalue weighted by molar-refractivity contribution is -0.141. The van der Waals surface area contributed by atoms with E-state index in [1.165, 1.54) is 11.6 Å². The molecule has 1 fully saturated rings. The van der Waals surface area contributed by atoms with E-state index in [0.29, 0.717) is 30.9 Å². The number of amides is 1. The molecule has 3 rings (SSSR count). The first kappa shape index (κ1) is 36.6. The molecule has 0 aromatic carbocycles. The maximum absolute atomic E-state index is 13.0. The van der Waals surface area contributed by atoms with Crippen LogP contribution in [0, 0.1) is 11.8 Å². The van der Waals surface area contributed by atoms with Gasteiger partial charge in [-0.1, -0.05) is 90.5 Å². The number of allylic oxidation sites excluding steroid dienone is 7. The van der Waals surface area contributed by atoms with Crippen LogP contribution in [0.25, 0.3) is 0 Å². The zero-order valence-corrected chi connectivity index (χ0v) is 28.6. The summed E-state index contributed by atoms with van der Waals surface area (Å²) in [5.74, 6) is 0.583. The summed E-state index contributed by atoms with van der Waals surface area (Å²) in [7, 11) is 3.16. The van der Waals surface area contributed by atoms with Gasteiger partial charge in [0.25, 0.3) is 0 Å². The van der Waals surface area contributed by atoms with Gasteiger partial charge in [0, 0.05) is 43.2 Å². The highest BCUT2D eigenvalue weighted by atomic mass is 33.1. The standard InChI is InChI=1S/C36H48N2O5S2/c1-6-11-32-28(5)31(39)24-33(43-32)30(38-34(40)19-21-44-45-35-15-7-8-20-37-35)14-9-12-25(2)22-27(4)23-26(3)17-18-29-13-10-16-36(41)42-29/h6-12,14-18,20,23,27-33,39H,13,19,21-22,24H2,1-5H3,(H,38,40)/b11-6+,14-9+,18-17+,25-12+,26-23-/t27?,28-,29+,30?,31+,32-,33-/m0/s1. The summed E-state index contributed by atoms with van der Waals surface area (Å²) in [5, 5.41) is 14.9. The van der Waals surface area contributed by atoms with Crippen LogP contribution in [-0.2, 0) is 19.1 Å². The van der Waals surface area contributed by atoms with E-state index in [-0.39, 0.29) is 42.1 Å². The Labute approximate surface area is 276 Å². The number of esters is 1. The van der Waals surface area contributed by atoms with Crippen molar-refractivity contribution in [3.05, 3.63) is 96.3 Å². The molecular formula is C36H48N2O5S2. The average Bonchev–Trinajstić information content (AvgIpc) is 3.00. The fourth-order valence-corrected chi connectivity index (χ4v) is 7.11. The third kappa shape index (κ3) is 13.6. The van der Waals surface area contributed by atoms with Crippen molar-refractivity contribution < 1.29 is 24.2 Å². The van der Waals surface area contributed by atoms with Gasteiger partial charge in [0.2, 0.25) is 5.91 Å². The van der Waals surface area contributed by atoms with Crippen LogP contribution in [0.1, 0.15) is 60.3 Å². The topological polar surface area (TPSA) is 97.8 Å². The molecule has 0 saturated carbocycles. The molecular weight excluding hydrogens is 605 g/mol. The van der Waals surface area contributed by atoms with E-state index in [9.17, 15) is 14.7 Å². The maximum atomic E-state index is 13.0. The number of rotatable bonds is 15. The number of aliphatic hydroxyl groups excluding tert-OH is 1. The van der Waals surface area contributed by atoms with Crippen molar-refractivity contribution in [3.8, 4) is 0 Å². The molecule has 2 unspecified atom stereocenters. The molecule has 0 bridgehead atoms. The van der Waals surface area contributed by atoms with Crippen molar-refractivity contribution in [3.63, 3.8) is 0 Å². The zero-order valence-electron chi connectivity index (χ0n) is 27.0. The van der Waals surface area contributed by atoms with Crippen LogP contribution in [0.2, 0.25) is 0 Å². The number of carbonyl (C=O) groups excluding carboxylic acids is 2. The molecule has 2 aliphatic heterocycles. The van der Waals surface area contributed by atoms with Crippen molar-refractivity contribution >= 4 is 33.5 Å². The largest absolute Gasteiger partial charge is 0.455 e. The monoisotopic (exact) mass is 652 g/mol. The molecule has 1 aromatic heterocycles. The van der Waals surface area contributed by atoms with Gasteiger partial charge in [0.15, 0.2) is 0 Å². The molecule has 1 amide bonds. The molecule has 0 spiro atoms. The number of hydrogen-bond donors (Lipinski definition) is 2. The van der Waals surface area contributed by atoms with Crippen molar-refractivity contribution in [2.24, 2.45) is 11.8 Å². The Kier molecular flexibility index (Phi) is 16.0. The Morgan fingerprint density at radius 1 is 1.27 bits per heavy atom. The predicted octanol–water partition coefficient (Wildman–Crippen LogP) is 7.33. The van der Waals surface area contributed by atoms with Gasteiger partial charge in [-0.2, -0.15) is 0 Å². The van der Waals surface area contributed by atoms with E-state index >= 15 is 0 Å². The smallest absolute Gasteiger partial charge is 0.331 e. The highest BCUT2D eigenvalue weighted by Crippen LogP contribution is 2.30. The Bertz CT molecular complexity index is 1270. The summed E-state index contributed by atoms with van der Waals surface area (Å²) < 4.78 is 11.7. The SMILES string of the molecule is C/C=C/[C@@H]1O[C@H](C(/C=C/C=C(\C)CC(C)/C=C(C)\C=C\[C@H]2CC=CC(=O)O2)NC(=O)CCSSc2ccccn2)C[C@@H](O)[C@@H]1C. The summed E-state index contributed by atoms with van der Waals surface area (Å²) in [4.78, 5) is 28.8. The first-order valence-corrected chi connectivity index (χ1v) is 18.0. The predicted molar refractivity (Wildman–Crippen MR) is 186 cm³/mol. The molecule has 1 saturated heterocycles. The van der Waals surface area contributed by atoms with Crippen LogP contribution < -0.4 is 5.32 Å². The molecule has 0 aliphatic carbocycles. The van der Waals surface area contributed by atoms with Gasteiger partial charge >= 0.3 is 5.97 Å². The van der Waals surface area contributed by atoms with E-state index in [2.05, 4.69) is 43.2 Å². The second-order valence-electron chi connectivity index (χ2n) is 11.7. The molecule has 7 atom stereocenters. The number of pyridine rings is 1. The van der Waals surface area contributed by atoms with Crippen LogP contribution in [0.15, 0.2) is 101 Å². The summed E-state index contributed by atoms with van der Waals surface area (Å²) in [6.07, 6.45) is 22.3. The minimum atomic E-state index is -0.521. The number of cyclic esters (lactones) is 1. The second-order valence-corrected chi connectivity index (χ2v) is 14.1. The lowest BCUT2D eigenvalue weighted by Crippen LogP contribution is -2.51. The minimum absolute atomic E-state index is 0.0256. The lowest BCUT2D eigenvalue weighted by atomic mass is 9.87. The number of carbonyl (C=O) groups is 2. The number of hydrogen-bond acceptors (Lipinski definition) is 8. The number of nitrogens with one attached hydrogen (secondary N) is 1. The highest BCUT2D eigenvalue weighted by Gasteiger charge is 2.37. The van der Waals surface area contributed by atoms with Gasteiger partial charge in [-0.15, -0.1) is 0 Å².